The summed E-state index contributed by atoms with van der Waals surface area (Å²) in [5, 5.41) is 2.85. The van der Waals surface area contributed by atoms with Crippen molar-refractivity contribution in [3.8, 4) is 0 Å². The van der Waals surface area contributed by atoms with E-state index in [0.29, 0.717) is 19.0 Å². The van der Waals surface area contributed by atoms with Gasteiger partial charge in [-0.1, -0.05) is 6.92 Å². The van der Waals surface area contributed by atoms with Gasteiger partial charge in [0, 0.05) is 11.4 Å². The van der Waals surface area contributed by atoms with Gasteiger partial charge in [0.2, 0.25) is 0 Å². The van der Waals surface area contributed by atoms with E-state index in [-0.39, 0.29) is 5.91 Å². The van der Waals surface area contributed by atoms with E-state index in [1.54, 1.807) is 0 Å². The third kappa shape index (κ3) is 3.12. The summed E-state index contributed by atoms with van der Waals surface area (Å²) < 4.78 is 0. The third-order valence-corrected chi connectivity index (χ3v) is 2.98. The highest BCUT2D eigenvalue weighted by atomic mass is 32.1. The highest BCUT2D eigenvalue weighted by Crippen LogP contribution is 2.14. The van der Waals surface area contributed by atoms with Gasteiger partial charge in [-0.05, 0) is 31.5 Å². The number of carbonyl (C=O) groups excluding carboxylic acids is 1. The van der Waals surface area contributed by atoms with Crippen molar-refractivity contribution in [3.05, 3.63) is 21.9 Å². The summed E-state index contributed by atoms with van der Waals surface area (Å²) in [5.41, 5.74) is 5.45. The molecule has 1 aromatic rings. The van der Waals surface area contributed by atoms with Gasteiger partial charge in [0.1, 0.15) is 0 Å². The number of amides is 1. The zero-order chi connectivity index (χ0) is 10.6. The van der Waals surface area contributed by atoms with Crippen molar-refractivity contribution in [1.29, 1.82) is 0 Å². The Morgan fingerprint density at radius 2 is 2.36 bits per heavy atom. The summed E-state index contributed by atoms with van der Waals surface area (Å²) in [7, 11) is 0. The topological polar surface area (TPSA) is 55.1 Å². The second-order valence-corrected chi connectivity index (χ2v) is 4.75. The van der Waals surface area contributed by atoms with Crippen LogP contribution in [0.3, 0.4) is 0 Å². The predicted molar refractivity (Wildman–Crippen MR) is 59.6 cm³/mol. The van der Waals surface area contributed by atoms with E-state index in [1.807, 2.05) is 26.0 Å². The van der Waals surface area contributed by atoms with Crippen LogP contribution < -0.4 is 11.1 Å². The number of nitrogens with one attached hydrogen (secondary N) is 1. The fraction of sp³-hybridized carbons (Fsp3) is 0.500. The molecular weight excluding hydrogens is 196 g/mol. The van der Waals surface area contributed by atoms with Crippen molar-refractivity contribution < 1.29 is 4.79 Å². The molecule has 0 saturated carbocycles. The van der Waals surface area contributed by atoms with E-state index >= 15 is 0 Å². The first-order valence-electron chi connectivity index (χ1n) is 4.68. The highest BCUT2D eigenvalue weighted by Gasteiger charge is 2.08. The monoisotopic (exact) mass is 212 g/mol. The summed E-state index contributed by atoms with van der Waals surface area (Å²) in [6, 6.07) is 3.80. The van der Waals surface area contributed by atoms with Gasteiger partial charge in [-0.3, -0.25) is 4.79 Å². The van der Waals surface area contributed by atoms with Crippen molar-refractivity contribution in [1.82, 2.24) is 5.32 Å². The fourth-order valence-electron chi connectivity index (χ4n) is 0.994. The Morgan fingerprint density at radius 1 is 1.64 bits per heavy atom. The van der Waals surface area contributed by atoms with Crippen LogP contribution in [0, 0.1) is 12.8 Å². The van der Waals surface area contributed by atoms with Crippen molar-refractivity contribution in [2.75, 3.05) is 13.1 Å². The third-order valence-electron chi connectivity index (χ3n) is 1.98. The van der Waals surface area contributed by atoms with Gasteiger partial charge in [-0.15, -0.1) is 11.3 Å². The summed E-state index contributed by atoms with van der Waals surface area (Å²) in [4.78, 5) is 13.5. The molecule has 0 spiro atoms. The van der Waals surface area contributed by atoms with E-state index in [9.17, 15) is 4.79 Å². The Hall–Kier alpha value is -0.870. The molecule has 0 bridgehead atoms. The lowest BCUT2D eigenvalue weighted by Gasteiger charge is -2.08. The molecule has 0 fully saturated rings. The molecule has 1 atom stereocenters. The molecule has 1 unspecified atom stereocenters. The summed E-state index contributed by atoms with van der Waals surface area (Å²) in [6.07, 6.45) is 0. The first-order valence-corrected chi connectivity index (χ1v) is 5.50. The van der Waals surface area contributed by atoms with E-state index in [1.165, 1.54) is 11.3 Å². The van der Waals surface area contributed by atoms with Gasteiger partial charge in [-0.25, -0.2) is 0 Å². The van der Waals surface area contributed by atoms with E-state index in [2.05, 4.69) is 5.32 Å². The van der Waals surface area contributed by atoms with E-state index in [0.717, 1.165) is 9.75 Å². The molecule has 78 valence electrons. The van der Waals surface area contributed by atoms with Crippen LogP contribution in [-0.2, 0) is 0 Å². The Labute approximate surface area is 88.3 Å². The van der Waals surface area contributed by atoms with E-state index in [4.69, 9.17) is 5.73 Å². The van der Waals surface area contributed by atoms with Gasteiger partial charge in [0.15, 0.2) is 0 Å². The Morgan fingerprint density at radius 3 is 2.86 bits per heavy atom. The molecule has 0 aliphatic heterocycles. The lowest BCUT2D eigenvalue weighted by Crippen LogP contribution is -2.30. The van der Waals surface area contributed by atoms with Crippen molar-refractivity contribution >= 4 is 17.2 Å². The van der Waals surface area contributed by atoms with Crippen LogP contribution in [-0.4, -0.2) is 19.0 Å². The average molecular weight is 212 g/mol. The molecule has 3 nitrogen and oxygen atoms in total. The minimum Gasteiger partial charge on any atom is -0.351 e. The summed E-state index contributed by atoms with van der Waals surface area (Å²) in [5.74, 6) is 0.336. The second kappa shape index (κ2) is 5.12. The predicted octanol–water partition coefficient (Wildman–Crippen LogP) is 1.38. The van der Waals surface area contributed by atoms with Crippen LogP contribution in [0.2, 0.25) is 0 Å². The Bertz CT molecular complexity index is 309. The maximum Gasteiger partial charge on any atom is 0.261 e. The normalized spacial score (nSPS) is 12.5. The number of hydrogen-bond acceptors (Lipinski definition) is 3. The molecule has 1 amide bonds. The van der Waals surface area contributed by atoms with Crippen LogP contribution in [0.4, 0.5) is 0 Å². The molecule has 1 heterocycles. The number of nitrogens with two attached hydrogens (primary N) is 1. The minimum absolute atomic E-state index is 0.00315. The number of hydrogen-bond donors (Lipinski definition) is 2. The second-order valence-electron chi connectivity index (χ2n) is 3.46. The van der Waals surface area contributed by atoms with Gasteiger partial charge < -0.3 is 11.1 Å². The minimum atomic E-state index is 0.00315. The summed E-state index contributed by atoms with van der Waals surface area (Å²) >= 11 is 1.51. The van der Waals surface area contributed by atoms with Crippen molar-refractivity contribution in [2.24, 2.45) is 11.7 Å². The summed E-state index contributed by atoms with van der Waals surface area (Å²) in [6.45, 7) is 5.25. The van der Waals surface area contributed by atoms with Crippen LogP contribution >= 0.6 is 11.3 Å². The molecule has 1 aromatic heterocycles. The maximum absolute atomic E-state index is 11.5. The SMILES string of the molecule is Cc1ccc(C(=O)NCC(C)CN)s1. The highest BCUT2D eigenvalue weighted by molar-refractivity contribution is 7.13. The Balaban J connectivity index is 2.43. The molecule has 0 radical (unpaired) electrons. The molecule has 0 aromatic carbocycles. The van der Waals surface area contributed by atoms with Gasteiger partial charge >= 0.3 is 0 Å². The van der Waals surface area contributed by atoms with Crippen LogP contribution in [0.5, 0.6) is 0 Å². The maximum atomic E-state index is 11.5. The molecule has 0 aliphatic rings. The molecule has 0 aliphatic carbocycles. The lowest BCUT2D eigenvalue weighted by molar-refractivity contribution is 0.0952. The fourth-order valence-corrected chi connectivity index (χ4v) is 1.78. The van der Waals surface area contributed by atoms with Crippen molar-refractivity contribution in [2.45, 2.75) is 13.8 Å². The van der Waals surface area contributed by atoms with Gasteiger partial charge in [0.25, 0.3) is 5.91 Å². The van der Waals surface area contributed by atoms with Crippen molar-refractivity contribution in [3.63, 3.8) is 0 Å². The molecule has 14 heavy (non-hydrogen) atoms. The Kier molecular flexibility index (Phi) is 4.10. The average Bonchev–Trinajstić information content (AvgIpc) is 2.60. The molecule has 0 saturated heterocycles. The number of aryl methyl sites for hydroxylation is 1. The molecule has 1 rings (SSSR count). The van der Waals surface area contributed by atoms with Crippen LogP contribution in [0.1, 0.15) is 21.5 Å². The quantitative estimate of drug-likeness (QED) is 0.792. The lowest BCUT2D eigenvalue weighted by atomic mass is 10.2. The first kappa shape index (κ1) is 11.2. The smallest absolute Gasteiger partial charge is 0.261 e. The van der Waals surface area contributed by atoms with Crippen LogP contribution in [0.25, 0.3) is 0 Å². The van der Waals surface area contributed by atoms with Crippen LogP contribution in [0.15, 0.2) is 12.1 Å². The van der Waals surface area contributed by atoms with Gasteiger partial charge in [-0.2, -0.15) is 0 Å². The number of thiophene rings is 1. The standard InChI is InChI=1S/C10H16N2OS/c1-7(5-11)6-12-10(13)9-4-3-8(2)14-9/h3-4,7H,5-6,11H2,1-2H3,(H,12,13). The van der Waals surface area contributed by atoms with Gasteiger partial charge in [0.05, 0.1) is 4.88 Å². The number of rotatable bonds is 4. The molecule has 4 heteroatoms. The zero-order valence-corrected chi connectivity index (χ0v) is 9.36. The molecular formula is C10H16N2OS. The van der Waals surface area contributed by atoms with E-state index < -0.39 is 0 Å². The zero-order valence-electron chi connectivity index (χ0n) is 8.54. The first-order chi connectivity index (χ1) is 6.63. The molecule has 3 N–H and O–H groups in total. The number of carbonyl (C=O) groups is 1. The largest absolute Gasteiger partial charge is 0.351 e.